The van der Waals surface area contributed by atoms with Gasteiger partial charge in [-0.3, -0.25) is 4.21 Å². The first-order valence-electron chi connectivity index (χ1n) is 5.91. The second kappa shape index (κ2) is 6.00. The van der Waals surface area contributed by atoms with Crippen LogP contribution in [0.25, 0.3) is 0 Å². The smallest absolute Gasteiger partial charge is 0.340 e. The van der Waals surface area contributed by atoms with E-state index in [1.54, 1.807) is 0 Å². The van der Waals surface area contributed by atoms with E-state index in [1.807, 2.05) is 0 Å². The maximum absolute atomic E-state index is 13.5. The van der Waals surface area contributed by atoms with Crippen molar-refractivity contribution in [3.8, 4) is 0 Å². The van der Waals surface area contributed by atoms with Gasteiger partial charge in [-0.2, -0.15) is 0 Å². The number of aromatic carboxylic acids is 1. The molecule has 1 aliphatic rings. The minimum atomic E-state index is -1.45. The molecule has 20 heavy (non-hydrogen) atoms. The SMILES string of the molecule is O=C(O)c1c(F)cccc1NC(=O)N1CCS(=O)CC1. The minimum Gasteiger partial charge on any atom is -0.478 e. The Morgan fingerprint density at radius 2 is 1.95 bits per heavy atom. The van der Waals surface area contributed by atoms with Gasteiger partial charge in [-0.15, -0.1) is 0 Å². The molecule has 2 rings (SSSR count). The topological polar surface area (TPSA) is 86.7 Å². The van der Waals surface area contributed by atoms with E-state index in [1.165, 1.54) is 17.0 Å². The Labute approximate surface area is 117 Å². The zero-order valence-electron chi connectivity index (χ0n) is 10.5. The third kappa shape index (κ3) is 3.13. The quantitative estimate of drug-likeness (QED) is 0.857. The van der Waals surface area contributed by atoms with E-state index in [0.717, 1.165) is 6.07 Å². The third-order valence-electron chi connectivity index (χ3n) is 2.93. The number of rotatable bonds is 2. The zero-order chi connectivity index (χ0) is 14.7. The Morgan fingerprint density at radius 3 is 2.55 bits per heavy atom. The van der Waals surface area contributed by atoms with Crippen LogP contribution in [0.5, 0.6) is 0 Å². The number of carbonyl (C=O) groups excluding carboxylic acids is 1. The molecule has 8 heteroatoms. The molecule has 0 atom stereocenters. The molecule has 0 saturated carbocycles. The molecule has 0 unspecified atom stereocenters. The van der Waals surface area contributed by atoms with Gasteiger partial charge in [0.2, 0.25) is 0 Å². The zero-order valence-corrected chi connectivity index (χ0v) is 11.3. The molecular weight excluding hydrogens is 287 g/mol. The summed E-state index contributed by atoms with van der Waals surface area (Å²) < 4.78 is 24.7. The maximum atomic E-state index is 13.5. The molecule has 6 nitrogen and oxygen atoms in total. The molecule has 1 heterocycles. The number of urea groups is 1. The van der Waals surface area contributed by atoms with Gasteiger partial charge in [0.05, 0.1) is 5.69 Å². The number of nitrogens with one attached hydrogen (secondary N) is 1. The fraction of sp³-hybridized carbons (Fsp3) is 0.333. The van der Waals surface area contributed by atoms with Crippen LogP contribution in [0.3, 0.4) is 0 Å². The van der Waals surface area contributed by atoms with E-state index < -0.39 is 34.2 Å². The Balaban J connectivity index is 2.14. The van der Waals surface area contributed by atoms with Crippen LogP contribution in [-0.4, -0.2) is 50.8 Å². The van der Waals surface area contributed by atoms with Crippen LogP contribution in [0, 0.1) is 5.82 Å². The van der Waals surface area contributed by atoms with Crippen LogP contribution in [0.4, 0.5) is 14.9 Å². The molecule has 1 fully saturated rings. The molecule has 0 radical (unpaired) electrons. The van der Waals surface area contributed by atoms with Crippen molar-refractivity contribution in [2.24, 2.45) is 0 Å². The average molecular weight is 300 g/mol. The van der Waals surface area contributed by atoms with E-state index in [-0.39, 0.29) is 5.69 Å². The number of carboxylic acids is 1. The van der Waals surface area contributed by atoms with Crippen molar-refractivity contribution < 1.29 is 23.3 Å². The summed E-state index contributed by atoms with van der Waals surface area (Å²) in [7, 11) is -0.915. The van der Waals surface area contributed by atoms with Crippen molar-refractivity contribution in [1.29, 1.82) is 0 Å². The second-order valence-electron chi connectivity index (χ2n) is 4.23. The summed E-state index contributed by atoms with van der Waals surface area (Å²) >= 11 is 0. The van der Waals surface area contributed by atoms with Gasteiger partial charge in [0.25, 0.3) is 0 Å². The van der Waals surface area contributed by atoms with Gasteiger partial charge in [-0.25, -0.2) is 14.0 Å². The summed E-state index contributed by atoms with van der Waals surface area (Å²) in [5.74, 6) is -1.57. The van der Waals surface area contributed by atoms with E-state index in [9.17, 15) is 18.2 Å². The summed E-state index contributed by atoms with van der Waals surface area (Å²) in [4.78, 5) is 24.4. The summed E-state index contributed by atoms with van der Waals surface area (Å²) in [6, 6.07) is 3.15. The predicted octanol–water partition coefficient (Wildman–Crippen LogP) is 1.12. The lowest BCUT2D eigenvalue weighted by Crippen LogP contribution is -2.44. The maximum Gasteiger partial charge on any atom is 0.340 e. The molecule has 0 bridgehead atoms. The largest absolute Gasteiger partial charge is 0.478 e. The number of hydrogen-bond donors (Lipinski definition) is 2. The Kier molecular flexibility index (Phi) is 4.33. The fourth-order valence-corrected chi connectivity index (χ4v) is 2.93. The summed E-state index contributed by atoms with van der Waals surface area (Å²) in [5, 5.41) is 11.3. The minimum absolute atomic E-state index is 0.0887. The van der Waals surface area contributed by atoms with Crippen LogP contribution < -0.4 is 5.32 Å². The van der Waals surface area contributed by atoms with Gasteiger partial charge in [-0.1, -0.05) is 6.07 Å². The molecule has 1 aliphatic heterocycles. The number of carbonyl (C=O) groups is 2. The fourth-order valence-electron chi connectivity index (χ4n) is 1.88. The van der Waals surface area contributed by atoms with Crippen molar-refractivity contribution in [2.45, 2.75) is 0 Å². The molecule has 1 aromatic rings. The summed E-state index contributed by atoms with van der Waals surface area (Å²) in [6.45, 7) is 0.659. The lowest BCUT2D eigenvalue weighted by molar-refractivity contribution is 0.0693. The monoisotopic (exact) mass is 300 g/mol. The van der Waals surface area contributed by atoms with E-state index >= 15 is 0 Å². The number of carboxylic acid groups (broad SMARTS) is 1. The average Bonchev–Trinajstić information content (AvgIpc) is 2.39. The second-order valence-corrected chi connectivity index (χ2v) is 5.93. The Bertz CT molecular complexity index is 569. The highest BCUT2D eigenvalue weighted by Gasteiger charge is 2.22. The highest BCUT2D eigenvalue weighted by molar-refractivity contribution is 7.85. The Hall–Kier alpha value is -1.96. The van der Waals surface area contributed by atoms with Crippen LogP contribution in [0.1, 0.15) is 10.4 Å². The van der Waals surface area contributed by atoms with Crippen molar-refractivity contribution in [3.05, 3.63) is 29.6 Å². The van der Waals surface area contributed by atoms with Crippen molar-refractivity contribution in [2.75, 3.05) is 29.9 Å². The number of halogens is 1. The number of hydrogen-bond acceptors (Lipinski definition) is 3. The summed E-state index contributed by atoms with van der Waals surface area (Å²) in [5.41, 5.74) is -0.657. The van der Waals surface area contributed by atoms with E-state index in [0.29, 0.717) is 24.6 Å². The third-order valence-corrected chi connectivity index (χ3v) is 4.21. The van der Waals surface area contributed by atoms with Crippen LogP contribution in [-0.2, 0) is 10.8 Å². The van der Waals surface area contributed by atoms with E-state index in [4.69, 9.17) is 5.11 Å². The number of benzene rings is 1. The summed E-state index contributed by atoms with van der Waals surface area (Å²) in [6.07, 6.45) is 0. The van der Waals surface area contributed by atoms with Gasteiger partial charge < -0.3 is 15.3 Å². The first kappa shape index (κ1) is 14.4. The molecular formula is C12H13FN2O4S. The molecule has 0 spiro atoms. The van der Waals surface area contributed by atoms with Gasteiger partial charge in [0, 0.05) is 35.4 Å². The highest BCUT2D eigenvalue weighted by Crippen LogP contribution is 2.19. The van der Waals surface area contributed by atoms with Crippen LogP contribution in [0.2, 0.25) is 0 Å². The molecule has 1 aromatic carbocycles. The molecule has 0 aromatic heterocycles. The van der Waals surface area contributed by atoms with Gasteiger partial charge in [0.15, 0.2) is 0 Å². The number of anilines is 1. The van der Waals surface area contributed by atoms with Gasteiger partial charge in [0.1, 0.15) is 11.4 Å². The first-order valence-corrected chi connectivity index (χ1v) is 7.40. The standard InChI is InChI=1S/C12H13FN2O4S/c13-8-2-1-3-9(10(8)11(16)17)14-12(18)15-4-6-20(19)7-5-15/h1-3H,4-7H2,(H,14,18)(H,16,17). The molecule has 2 N–H and O–H groups in total. The van der Waals surface area contributed by atoms with Crippen LogP contribution in [0.15, 0.2) is 18.2 Å². The molecule has 2 amide bonds. The van der Waals surface area contributed by atoms with Crippen LogP contribution >= 0.6 is 0 Å². The Morgan fingerprint density at radius 1 is 1.30 bits per heavy atom. The predicted molar refractivity (Wildman–Crippen MR) is 71.8 cm³/mol. The molecule has 0 aliphatic carbocycles. The van der Waals surface area contributed by atoms with Crippen molar-refractivity contribution in [1.82, 2.24) is 4.90 Å². The number of nitrogens with zero attached hydrogens (tertiary/aromatic N) is 1. The first-order chi connectivity index (χ1) is 9.49. The van der Waals surface area contributed by atoms with Gasteiger partial charge in [-0.05, 0) is 12.1 Å². The van der Waals surface area contributed by atoms with E-state index in [2.05, 4.69) is 5.32 Å². The number of amides is 2. The molecule has 1 saturated heterocycles. The van der Waals surface area contributed by atoms with Gasteiger partial charge >= 0.3 is 12.0 Å². The lowest BCUT2D eigenvalue weighted by atomic mass is 10.1. The normalized spacial score (nSPS) is 15.9. The molecule has 108 valence electrons. The van der Waals surface area contributed by atoms with Crippen molar-refractivity contribution >= 4 is 28.5 Å². The lowest BCUT2D eigenvalue weighted by Gasteiger charge is -2.26. The van der Waals surface area contributed by atoms with Crippen molar-refractivity contribution in [3.63, 3.8) is 0 Å². The highest BCUT2D eigenvalue weighted by atomic mass is 32.2.